The van der Waals surface area contributed by atoms with E-state index in [0.29, 0.717) is 6.04 Å². The molecular weight excluding hydrogens is 236 g/mol. The SMILES string of the molecule is CN1CCCC2CC=C(c3ncnc4[nH]ccc34)C21. The van der Waals surface area contributed by atoms with Crippen molar-refractivity contribution in [3.8, 4) is 0 Å². The number of nitrogens with zero attached hydrogens (tertiary/aromatic N) is 3. The zero-order valence-corrected chi connectivity index (χ0v) is 11.1. The molecule has 2 unspecified atom stereocenters. The molecule has 0 radical (unpaired) electrons. The van der Waals surface area contributed by atoms with Gasteiger partial charge in [0.2, 0.25) is 0 Å². The van der Waals surface area contributed by atoms with Crippen molar-refractivity contribution in [1.29, 1.82) is 0 Å². The fourth-order valence-electron chi connectivity index (χ4n) is 3.74. The zero-order chi connectivity index (χ0) is 12.8. The first-order valence-electron chi connectivity index (χ1n) is 7.03. The van der Waals surface area contributed by atoms with E-state index < -0.39 is 0 Å². The maximum absolute atomic E-state index is 4.56. The molecule has 2 aliphatic rings. The van der Waals surface area contributed by atoms with Crippen molar-refractivity contribution in [3.05, 3.63) is 30.4 Å². The third-order valence-corrected chi connectivity index (χ3v) is 4.59. The van der Waals surface area contributed by atoms with E-state index in [4.69, 9.17) is 0 Å². The second-order valence-corrected chi connectivity index (χ2v) is 5.69. The Morgan fingerprint density at radius 1 is 1.37 bits per heavy atom. The Bertz CT molecular complexity index is 642. The molecule has 0 aromatic carbocycles. The number of hydrogen-bond acceptors (Lipinski definition) is 3. The van der Waals surface area contributed by atoms with Crippen LogP contribution in [-0.4, -0.2) is 39.5 Å². The number of likely N-dealkylation sites (N-methyl/N-ethyl adjacent to an activating group) is 1. The van der Waals surface area contributed by atoms with Gasteiger partial charge in [0.15, 0.2) is 0 Å². The Hall–Kier alpha value is -1.68. The molecule has 4 nitrogen and oxygen atoms in total. The Labute approximate surface area is 112 Å². The van der Waals surface area contributed by atoms with Crippen molar-refractivity contribution < 1.29 is 0 Å². The van der Waals surface area contributed by atoms with Crippen molar-refractivity contribution in [2.75, 3.05) is 13.6 Å². The molecule has 1 N–H and O–H groups in total. The summed E-state index contributed by atoms with van der Waals surface area (Å²) in [5, 5.41) is 1.15. The molecule has 3 heterocycles. The number of fused-ring (bicyclic) bond motifs is 2. The minimum atomic E-state index is 0.543. The van der Waals surface area contributed by atoms with Gasteiger partial charge in [-0.05, 0) is 50.4 Å². The van der Waals surface area contributed by atoms with Crippen LogP contribution in [0, 0.1) is 5.92 Å². The van der Waals surface area contributed by atoms with Crippen LogP contribution in [0.15, 0.2) is 24.7 Å². The number of aromatic amines is 1. The van der Waals surface area contributed by atoms with Crippen LogP contribution in [0.1, 0.15) is 25.0 Å². The van der Waals surface area contributed by atoms with Gasteiger partial charge in [-0.25, -0.2) is 9.97 Å². The largest absolute Gasteiger partial charge is 0.346 e. The molecule has 0 amide bonds. The van der Waals surface area contributed by atoms with Gasteiger partial charge in [0.05, 0.1) is 5.69 Å². The predicted octanol–water partition coefficient (Wildman–Crippen LogP) is 2.46. The van der Waals surface area contributed by atoms with Gasteiger partial charge in [-0.1, -0.05) is 6.08 Å². The van der Waals surface area contributed by atoms with Gasteiger partial charge in [0.1, 0.15) is 12.0 Å². The lowest BCUT2D eigenvalue weighted by Crippen LogP contribution is -2.41. The lowest BCUT2D eigenvalue weighted by atomic mass is 9.88. The van der Waals surface area contributed by atoms with Gasteiger partial charge >= 0.3 is 0 Å². The minimum Gasteiger partial charge on any atom is -0.346 e. The summed E-state index contributed by atoms with van der Waals surface area (Å²) in [5.41, 5.74) is 3.46. The molecule has 0 saturated carbocycles. The van der Waals surface area contributed by atoms with Gasteiger partial charge in [0.25, 0.3) is 0 Å². The Balaban J connectivity index is 1.82. The van der Waals surface area contributed by atoms with E-state index in [-0.39, 0.29) is 0 Å². The van der Waals surface area contributed by atoms with Crippen molar-refractivity contribution in [2.24, 2.45) is 5.92 Å². The third kappa shape index (κ3) is 1.63. The lowest BCUT2D eigenvalue weighted by molar-refractivity contribution is 0.172. The fourth-order valence-corrected chi connectivity index (χ4v) is 3.74. The molecule has 1 aliphatic carbocycles. The number of aromatic nitrogens is 3. The summed E-state index contributed by atoms with van der Waals surface area (Å²) in [5.74, 6) is 0.776. The second kappa shape index (κ2) is 4.17. The number of likely N-dealkylation sites (tertiary alicyclic amines) is 1. The summed E-state index contributed by atoms with van der Waals surface area (Å²) in [6.07, 6.45) is 9.87. The van der Waals surface area contributed by atoms with Crippen LogP contribution >= 0.6 is 0 Å². The number of hydrogen-bond donors (Lipinski definition) is 1. The highest BCUT2D eigenvalue weighted by Gasteiger charge is 2.36. The number of piperidine rings is 1. The summed E-state index contributed by atoms with van der Waals surface area (Å²) in [4.78, 5) is 14.5. The molecule has 0 bridgehead atoms. The predicted molar refractivity (Wildman–Crippen MR) is 75.6 cm³/mol. The molecule has 1 saturated heterocycles. The Morgan fingerprint density at radius 3 is 3.26 bits per heavy atom. The van der Waals surface area contributed by atoms with Crippen LogP contribution < -0.4 is 0 Å². The van der Waals surface area contributed by atoms with Crippen molar-refractivity contribution in [3.63, 3.8) is 0 Å². The van der Waals surface area contributed by atoms with E-state index in [9.17, 15) is 0 Å². The molecule has 1 fully saturated rings. The highest BCUT2D eigenvalue weighted by atomic mass is 15.1. The van der Waals surface area contributed by atoms with Gasteiger partial charge < -0.3 is 4.98 Å². The van der Waals surface area contributed by atoms with Gasteiger partial charge in [0, 0.05) is 17.6 Å². The summed E-state index contributed by atoms with van der Waals surface area (Å²) in [6.45, 7) is 1.19. The van der Waals surface area contributed by atoms with E-state index >= 15 is 0 Å². The molecule has 1 aliphatic heterocycles. The van der Waals surface area contributed by atoms with Gasteiger partial charge in [-0.2, -0.15) is 0 Å². The summed E-state index contributed by atoms with van der Waals surface area (Å²) < 4.78 is 0. The van der Waals surface area contributed by atoms with Crippen molar-refractivity contribution in [1.82, 2.24) is 19.9 Å². The molecule has 4 heteroatoms. The molecule has 19 heavy (non-hydrogen) atoms. The number of rotatable bonds is 1. The standard InChI is InChI=1S/C15H18N4/c1-19-8-2-3-10-4-5-11(14(10)19)13-12-6-7-16-15(12)18-9-17-13/h5-7,9-10,14H,2-4,8H2,1H3,(H,16,17,18). The molecule has 98 valence electrons. The van der Waals surface area contributed by atoms with E-state index in [0.717, 1.165) is 22.6 Å². The molecule has 2 aromatic heterocycles. The highest BCUT2D eigenvalue weighted by molar-refractivity contribution is 5.89. The maximum Gasteiger partial charge on any atom is 0.141 e. The Morgan fingerprint density at radius 2 is 2.32 bits per heavy atom. The smallest absolute Gasteiger partial charge is 0.141 e. The molecular formula is C15H18N4. The number of nitrogens with one attached hydrogen (secondary N) is 1. The normalized spacial score (nSPS) is 27.5. The van der Waals surface area contributed by atoms with Gasteiger partial charge in [-0.3, -0.25) is 4.90 Å². The average Bonchev–Trinajstić information content (AvgIpc) is 3.05. The van der Waals surface area contributed by atoms with E-state index in [1.807, 2.05) is 6.20 Å². The van der Waals surface area contributed by atoms with Crippen molar-refractivity contribution >= 4 is 16.6 Å². The quantitative estimate of drug-likeness (QED) is 0.850. The molecule has 4 rings (SSSR count). The first kappa shape index (κ1) is 11.2. The van der Waals surface area contributed by atoms with E-state index in [1.54, 1.807) is 6.33 Å². The van der Waals surface area contributed by atoms with E-state index in [2.05, 4.69) is 39.0 Å². The van der Waals surface area contributed by atoms with E-state index in [1.165, 1.54) is 31.4 Å². The molecule has 2 aromatic rings. The van der Waals surface area contributed by atoms with Crippen LogP contribution in [0.5, 0.6) is 0 Å². The zero-order valence-electron chi connectivity index (χ0n) is 11.1. The van der Waals surface area contributed by atoms with Crippen LogP contribution in [0.3, 0.4) is 0 Å². The minimum absolute atomic E-state index is 0.543. The summed E-state index contributed by atoms with van der Waals surface area (Å²) in [7, 11) is 2.24. The first-order valence-corrected chi connectivity index (χ1v) is 7.03. The van der Waals surface area contributed by atoms with Crippen LogP contribution in [0.4, 0.5) is 0 Å². The topological polar surface area (TPSA) is 44.8 Å². The summed E-state index contributed by atoms with van der Waals surface area (Å²) in [6, 6.07) is 2.63. The molecule has 2 atom stereocenters. The summed E-state index contributed by atoms with van der Waals surface area (Å²) >= 11 is 0. The number of allylic oxidation sites excluding steroid dienone is 1. The highest BCUT2D eigenvalue weighted by Crippen LogP contribution is 2.41. The van der Waals surface area contributed by atoms with Crippen molar-refractivity contribution in [2.45, 2.75) is 25.3 Å². The first-order chi connectivity index (χ1) is 9.34. The average molecular weight is 254 g/mol. The second-order valence-electron chi connectivity index (χ2n) is 5.69. The maximum atomic E-state index is 4.56. The van der Waals surface area contributed by atoms with Crippen LogP contribution in [-0.2, 0) is 0 Å². The Kier molecular flexibility index (Phi) is 2.45. The van der Waals surface area contributed by atoms with Crippen LogP contribution in [0.25, 0.3) is 16.6 Å². The fraction of sp³-hybridized carbons (Fsp3) is 0.467. The van der Waals surface area contributed by atoms with Gasteiger partial charge in [-0.15, -0.1) is 0 Å². The third-order valence-electron chi connectivity index (χ3n) is 4.59. The number of H-pyrrole nitrogens is 1. The van der Waals surface area contributed by atoms with Crippen LogP contribution in [0.2, 0.25) is 0 Å². The lowest BCUT2D eigenvalue weighted by Gasteiger charge is -2.36. The molecule has 0 spiro atoms. The monoisotopic (exact) mass is 254 g/mol.